The Morgan fingerprint density at radius 1 is 0.236 bits per heavy atom. The second-order valence-electron chi connectivity index (χ2n) is 13.7. The predicted molar refractivity (Wildman–Crippen MR) is 237 cm³/mol. The van der Waals surface area contributed by atoms with Gasteiger partial charge in [0.2, 0.25) is 0 Å². The third-order valence-corrected chi connectivity index (χ3v) is 11.1. The van der Waals surface area contributed by atoms with Crippen molar-refractivity contribution in [2.45, 2.75) is 12.8 Å². The standard InChI is InChI=1S/C54H42S/c1-7-19-41(20-8-1)39-43-31-35-49(36-32-43)53(51(45-23-11-3-12-24-45)46-25-13-4-14-26-46)55-54(50-37-33-44(34-38-50)40-42-21-9-2-10-22-42)52(47-27-15-5-16-28-47)48-29-17-6-18-30-48/h1-38H,39-40H2. The summed E-state index contributed by atoms with van der Waals surface area (Å²) in [5.41, 5.74) is 14.7. The van der Waals surface area contributed by atoms with Crippen LogP contribution in [0.5, 0.6) is 0 Å². The molecule has 0 spiro atoms. The first-order valence-corrected chi connectivity index (χ1v) is 19.7. The Kier molecular flexibility index (Phi) is 11.4. The van der Waals surface area contributed by atoms with Crippen LogP contribution in [0.3, 0.4) is 0 Å². The molecule has 0 saturated heterocycles. The SMILES string of the molecule is c1ccc(Cc2ccc(C(SC(=C(c3ccccc3)c3ccccc3)c3ccc(Cc4ccccc4)cc3)=C(c3ccccc3)c3ccccc3)cc2)cc1. The minimum absolute atomic E-state index is 0.893. The van der Waals surface area contributed by atoms with Gasteiger partial charge in [-0.25, -0.2) is 0 Å². The van der Waals surface area contributed by atoms with E-state index in [0.29, 0.717) is 0 Å². The van der Waals surface area contributed by atoms with Crippen molar-refractivity contribution in [2.75, 3.05) is 0 Å². The van der Waals surface area contributed by atoms with Crippen molar-refractivity contribution in [3.63, 3.8) is 0 Å². The van der Waals surface area contributed by atoms with E-state index >= 15 is 0 Å². The maximum absolute atomic E-state index is 2.32. The Hall–Kier alpha value is -6.41. The van der Waals surface area contributed by atoms with Crippen molar-refractivity contribution in [3.8, 4) is 0 Å². The monoisotopic (exact) mass is 722 g/mol. The zero-order chi connectivity index (χ0) is 37.1. The summed E-state index contributed by atoms with van der Waals surface area (Å²) in [7, 11) is 0. The maximum Gasteiger partial charge on any atom is 0.0279 e. The topological polar surface area (TPSA) is 0 Å². The van der Waals surface area contributed by atoms with Crippen molar-refractivity contribution in [3.05, 3.63) is 286 Å². The molecule has 0 saturated carbocycles. The largest absolute Gasteiger partial charge is 0.0875 e. The summed E-state index contributed by atoms with van der Waals surface area (Å²) in [5.74, 6) is 0. The van der Waals surface area contributed by atoms with Gasteiger partial charge in [0, 0.05) is 21.0 Å². The Balaban J connectivity index is 1.35. The third kappa shape index (κ3) is 8.87. The van der Waals surface area contributed by atoms with Crippen molar-refractivity contribution < 1.29 is 0 Å². The van der Waals surface area contributed by atoms with Gasteiger partial charge in [0.25, 0.3) is 0 Å². The van der Waals surface area contributed by atoms with Gasteiger partial charge in [-0.2, -0.15) is 0 Å². The molecule has 0 bridgehead atoms. The highest BCUT2D eigenvalue weighted by Gasteiger charge is 2.22. The average molecular weight is 723 g/mol. The van der Waals surface area contributed by atoms with Crippen LogP contribution < -0.4 is 0 Å². The maximum atomic E-state index is 2.32. The molecule has 0 fully saturated rings. The molecule has 0 aliphatic heterocycles. The fourth-order valence-corrected chi connectivity index (χ4v) is 8.49. The molecule has 0 unspecified atom stereocenters. The first kappa shape index (κ1) is 35.6. The second-order valence-corrected chi connectivity index (χ2v) is 14.7. The minimum Gasteiger partial charge on any atom is -0.0875 e. The molecule has 0 radical (unpaired) electrons. The molecule has 264 valence electrons. The summed E-state index contributed by atoms with van der Waals surface area (Å²) in [6.45, 7) is 0. The van der Waals surface area contributed by atoms with Crippen molar-refractivity contribution in [1.82, 2.24) is 0 Å². The number of rotatable bonds is 12. The van der Waals surface area contributed by atoms with Gasteiger partial charge in [-0.15, -0.1) is 0 Å². The Labute approximate surface area is 330 Å². The lowest BCUT2D eigenvalue weighted by atomic mass is 9.94. The van der Waals surface area contributed by atoms with Crippen LogP contribution in [0.2, 0.25) is 0 Å². The van der Waals surface area contributed by atoms with Crippen LogP contribution in [0.1, 0.15) is 55.6 Å². The molecular weight excluding hydrogens is 681 g/mol. The number of thioether (sulfide) groups is 1. The van der Waals surface area contributed by atoms with Gasteiger partial charge < -0.3 is 0 Å². The highest BCUT2D eigenvalue weighted by atomic mass is 32.2. The Bertz CT molecular complexity index is 2200. The highest BCUT2D eigenvalue weighted by Crippen LogP contribution is 2.49. The summed E-state index contributed by atoms with van der Waals surface area (Å²) < 4.78 is 0. The molecule has 1 heteroatoms. The molecule has 0 N–H and O–H groups in total. The molecule has 0 aliphatic rings. The molecule has 8 aromatic rings. The van der Waals surface area contributed by atoms with E-state index in [0.717, 1.165) is 12.8 Å². The van der Waals surface area contributed by atoms with Crippen LogP contribution in [0.15, 0.2) is 231 Å². The van der Waals surface area contributed by atoms with Gasteiger partial charge in [-0.05, 0) is 68.5 Å². The third-order valence-electron chi connectivity index (χ3n) is 9.84. The van der Waals surface area contributed by atoms with Crippen molar-refractivity contribution >= 4 is 32.7 Å². The van der Waals surface area contributed by atoms with Gasteiger partial charge >= 0.3 is 0 Å². The van der Waals surface area contributed by atoms with Crippen molar-refractivity contribution in [1.29, 1.82) is 0 Å². The Morgan fingerprint density at radius 3 is 0.745 bits per heavy atom. The molecule has 8 aromatic carbocycles. The molecule has 0 amide bonds. The summed E-state index contributed by atoms with van der Waals surface area (Å²) >= 11 is 1.87. The fraction of sp³-hybridized carbons (Fsp3) is 0.0370. The summed E-state index contributed by atoms with van der Waals surface area (Å²) in [6, 6.07) is 83.4. The second kappa shape index (κ2) is 17.6. The van der Waals surface area contributed by atoms with Gasteiger partial charge in [-0.3, -0.25) is 0 Å². The van der Waals surface area contributed by atoms with E-state index in [1.54, 1.807) is 0 Å². The molecule has 8 rings (SSSR count). The van der Waals surface area contributed by atoms with Crippen LogP contribution in [-0.4, -0.2) is 0 Å². The van der Waals surface area contributed by atoms with Gasteiger partial charge in [0.15, 0.2) is 0 Å². The van der Waals surface area contributed by atoms with Crippen LogP contribution >= 0.6 is 11.8 Å². The van der Waals surface area contributed by atoms with Crippen LogP contribution in [-0.2, 0) is 12.8 Å². The lowest BCUT2D eigenvalue weighted by Gasteiger charge is -2.22. The molecular formula is C54H42S. The average Bonchev–Trinajstić information content (AvgIpc) is 3.26. The van der Waals surface area contributed by atoms with Gasteiger partial charge in [0.05, 0.1) is 0 Å². The number of hydrogen-bond donors (Lipinski definition) is 0. The highest BCUT2D eigenvalue weighted by molar-refractivity contribution is 8.17. The molecule has 55 heavy (non-hydrogen) atoms. The molecule has 0 aliphatic carbocycles. The zero-order valence-corrected chi connectivity index (χ0v) is 31.6. The summed E-state index contributed by atoms with van der Waals surface area (Å²) in [4.78, 5) is 2.41. The van der Waals surface area contributed by atoms with Crippen LogP contribution in [0, 0.1) is 0 Å². The van der Waals surface area contributed by atoms with E-state index in [1.807, 2.05) is 11.8 Å². The normalized spacial score (nSPS) is 10.8. The molecule has 0 nitrogen and oxygen atoms in total. The van der Waals surface area contributed by atoms with E-state index in [4.69, 9.17) is 0 Å². The molecule has 0 atom stereocenters. The van der Waals surface area contributed by atoms with E-state index < -0.39 is 0 Å². The smallest absolute Gasteiger partial charge is 0.0279 e. The van der Waals surface area contributed by atoms with E-state index in [-0.39, 0.29) is 0 Å². The van der Waals surface area contributed by atoms with E-state index in [9.17, 15) is 0 Å². The molecule has 0 heterocycles. The van der Waals surface area contributed by atoms with Crippen molar-refractivity contribution in [2.24, 2.45) is 0 Å². The molecule has 0 aromatic heterocycles. The van der Waals surface area contributed by atoms with E-state index in [2.05, 4.69) is 231 Å². The van der Waals surface area contributed by atoms with E-state index in [1.165, 1.54) is 76.6 Å². The quantitative estimate of drug-likeness (QED) is 0.113. The fourth-order valence-electron chi connectivity index (χ4n) is 7.10. The van der Waals surface area contributed by atoms with Gasteiger partial charge in [0.1, 0.15) is 0 Å². The summed E-state index contributed by atoms with van der Waals surface area (Å²) in [5, 5.41) is 0. The van der Waals surface area contributed by atoms with Crippen LogP contribution in [0.4, 0.5) is 0 Å². The predicted octanol–water partition coefficient (Wildman–Crippen LogP) is 14.1. The lowest BCUT2D eigenvalue weighted by molar-refractivity contribution is 1.19. The zero-order valence-electron chi connectivity index (χ0n) is 30.8. The first-order valence-electron chi connectivity index (χ1n) is 18.9. The Morgan fingerprint density at radius 2 is 0.473 bits per heavy atom. The minimum atomic E-state index is 0.893. The number of benzene rings is 8. The van der Waals surface area contributed by atoms with Gasteiger partial charge in [-0.1, -0.05) is 242 Å². The number of hydrogen-bond acceptors (Lipinski definition) is 1. The first-order chi connectivity index (χ1) is 27.3. The van der Waals surface area contributed by atoms with Crippen LogP contribution in [0.25, 0.3) is 21.0 Å². The summed E-state index contributed by atoms with van der Waals surface area (Å²) in [6.07, 6.45) is 1.79. The lowest BCUT2D eigenvalue weighted by Crippen LogP contribution is -1.98.